The number of hydrogen-bond donors (Lipinski definition) is 2. The van der Waals surface area contributed by atoms with Gasteiger partial charge in [0, 0.05) is 6.54 Å². The number of nitrogens with two attached hydrogens (primary N) is 1. The Labute approximate surface area is 110 Å². The summed E-state index contributed by atoms with van der Waals surface area (Å²) in [7, 11) is 0. The molecule has 1 unspecified atom stereocenters. The Morgan fingerprint density at radius 1 is 1.21 bits per heavy atom. The largest absolute Gasteiger partial charge is 0.329 e. The van der Waals surface area contributed by atoms with E-state index in [1.54, 1.807) is 0 Å². The standard InChI is InChI=1S/C14H14FN3O/c15-12-7-4-8-13(17-12)18-14(19)11(9-16)10-5-2-1-3-6-10/h1-8,11H,9,16H2,(H,17,18,19). The Balaban J connectivity index is 2.14. The topological polar surface area (TPSA) is 68.0 Å². The number of amides is 1. The van der Waals surface area contributed by atoms with Crippen LogP contribution in [0.2, 0.25) is 0 Å². The number of nitrogens with one attached hydrogen (secondary N) is 1. The van der Waals surface area contributed by atoms with Gasteiger partial charge in [0.05, 0.1) is 5.92 Å². The van der Waals surface area contributed by atoms with Gasteiger partial charge in [-0.3, -0.25) is 4.79 Å². The number of carbonyl (C=O) groups is 1. The molecule has 2 rings (SSSR count). The number of benzene rings is 1. The number of anilines is 1. The molecule has 0 radical (unpaired) electrons. The van der Waals surface area contributed by atoms with Gasteiger partial charge in [-0.05, 0) is 17.7 Å². The summed E-state index contributed by atoms with van der Waals surface area (Å²) >= 11 is 0. The molecule has 19 heavy (non-hydrogen) atoms. The second-order valence-corrected chi connectivity index (χ2v) is 4.03. The first-order valence-electron chi connectivity index (χ1n) is 5.89. The van der Waals surface area contributed by atoms with Crippen molar-refractivity contribution in [1.82, 2.24) is 4.98 Å². The predicted octanol–water partition coefficient (Wildman–Crippen LogP) is 1.90. The van der Waals surface area contributed by atoms with Crippen molar-refractivity contribution in [1.29, 1.82) is 0 Å². The van der Waals surface area contributed by atoms with Crippen molar-refractivity contribution in [2.45, 2.75) is 5.92 Å². The van der Waals surface area contributed by atoms with Gasteiger partial charge in [0.1, 0.15) is 5.82 Å². The monoisotopic (exact) mass is 259 g/mol. The number of aromatic nitrogens is 1. The van der Waals surface area contributed by atoms with E-state index in [0.717, 1.165) is 5.56 Å². The molecule has 0 spiro atoms. The summed E-state index contributed by atoms with van der Waals surface area (Å²) in [5.74, 6) is -1.24. The number of rotatable bonds is 4. The minimum absolute atomic E-state index is 0.172. The first kappa shape index (κ1) is 13.2. The van der Waals surface area contributed by atoms with Crippen molar-refractivity contribution in [3.05, 3.63) is 60.0 Å². The normalized spacial score (nSPS) is 11.9. The van der Waals surface area contributed by atoms with Crippen LogP contribution in [-0.4, -0.2) is 17.4 Å². The van der Waals surface area contributed by atoms with Crippen molar-refractivity contribution in [3.63, 3.8) is 0 Å². The Morgan fingerprint density at radius 3 is 2.58 bits per heavy atom. The van der Waals surface area contributed by atoms with E-state index in [1.807, 2.05) is 30.3 Å². The molecule has 5 heteroatoms. The quantitative estimate of drug-likeness (QED) is 0.824. The maximum Gasteiger partial charge on any atom is 0.234 e. The van der Waals surface area contributed by atoms with Gasteiger partial charge in [0.2, 0.25) is 11.9 Å². The van der Waals surface area contributed by atoms with E-state index < -0.39 is 11.9 Å². The molecule has 0 aliphatic heterocycles. The van der Waals surface area contributed by atoms with E-state index >= 15 is 0 Å². The summed E-state index contributed by atoms with van der Waals surface area (Å²) in [6.07, 6.45) is 0. The Morgan fingerprint density at radius 2 is 1.95 bits per heavy atom. The molecular formula is C14H14FN3O. The zero-order valence-electron chi connectivity index (χ0n) is 10.2. The van der Waals surface area contributed by atoms with E-state index in [9.17, 15) is 9.18 Å². The average Bonchev–Trinajstić information content (AvgIpc) is 2.41. The molecule has 2 aromatic rings. The fourth-order valence-corrected chi connectivity index (χ4v) is 1.77. The van der Waals surface area contributed by atoms with Gasteiger partial charge >= 0.3 is 0 Å². The Kier molecular flexibility index (Phi) is 4.20. The van der Waals surface area contributed by atoms with Crippen LogP contribution in [0.5, 0.6) is 0 Å². The smallest absolute Gasteiger partial charge is 0.234 e. The van der Waals surface area contributed by atoms with Gasteiger partial charge in [0.15, 0.2) is 0 Å². The zero-order chi connectivity index (χ0) is 13.7. The summed E-state index contributed by atoms with van der Waals surface area (Å²) in [6.45, 7) is 0.172. The molecular weight excluding hydrogens is 245 g/mol. The highest BCUT2D eigenvalue weighted by Gasteiger charge is 2.19. The average molecular weight is 259 g/mol. The Hall–Kier alpha value is -2.27. The molecule has 0 aliphatic rings. The molecule has 0 fully saturated rings. The van der Waals surface area contributed by atoms with Gasteiger partial charge in [-0.2, -0.15) is 4.39 Å². The minimum Gasteiger partial charge on any atom is -0.329 e. The lowest BCUT2D eigenvalue weighted by Gasteiger charge is -2.14. The number of carbonyl (C=O) groups excluding carboxylic acids is 1. The molecule has 0 saturated carbocycles. The number of nitrogens with zero attached hydrogens (tertiary/aromatic N) is 1. The molecule has 1 aromatic carbocycles. The van der Waals surface area contributed by atoms with Crippen molar-refractivity contribution in [3.8, 4) is 0 Å². The molecule has 1 amide bonds. The first-order valence-corrected chi connectivity index (χ1v) is 5.89. The minimum atomic E-state index is -0.637. The lowest BCUT2D eigenvalue weighted by Crippen LogP contribution is -2.27. The van der Waals surface area contributed by atoms with Crippen LogP contribution < -0.4 is 11.1 Å². The highest BCUT2D eigenvalue weighted by atomic mass is 19.1. The summed E-state index contributed by atoms with van der Waals surface area (Å²) in [6, 6.07) is 13.4. The molecule has 98 valence electrons. The van der Waals surface area contributed by atoms with Crippen LogP contribution in [0.3, 0.4) is 0 Å². The third kappa shape index (κ3) is 3.35. The predicted molar refractivity (Wildman–Crippen MR) is 71.1 cm³/mol. The molecule has 1 atom stereocenters. The van der Waals surface area contributed by atoms with Crippen molar-refractivity contribution >= 4 is 11.7 Å². The summed E-state index contributed by atoms with van der Waals surface area (Å²) in [4.78, 5) is 15.7. The van der Waals surface area contributed by atoms with Gasteiger partial charge in [-0.25, -0.2) is 4.98 Å². The summed E-state index contributed by atoms with van der Waals surface area (Å²) < 4.78 is 12.9. The first-order chi connectivity index (χ1) is 9.20. The number of halogens is 1. The van der Waals surface area contributed by atoms with E-state index in [-0.39, 0.29) is 18.3 Å². The van der Waals surface area contributed by atoms with Crippen LogP contribution in [-0.2, 0) is 4.79 Å². The van der Waals surface area contributed by atoms with Gasteiger partial charge in [-0.1, -0.05) is 36.4 Å². The van der Waals surface area contributed by atoms with Gasteiger partial charge < -0.3 is 11.1 Å². The highest BCUT2D eigenvalue weighted by Crippen LogP contribution is 2.16. The SMILES string of the molecule is NCC(C(=O)Nc1cccc(F)n1)c1ccccc1. The van der Waals surface area contributed by atoms with Crippen molar-refractivity contribution in [2.24, 2.45) is 5.73 Å². The lowest BCUT2D eigenvalue weighted by molar-refractivity contribution is -0.117. The fraction of sp³-hybridized carbons (Fsp3) is 0.143. The van der Waals surface area contributed by atoms with Crippen LogP contribution in [0.1, 0.15) is 11.5 Å². The highest BCUT2D eigenvalue weighted by molar-refractivity contribution is 5.95. The van der Waals surface area contributed by atoms with Crippen LogP contribution in [0.4, 0.5) is 10.2 Å². The third-order valence-electron chi connectivity index (χ3n) is 2.72. The van der Waals surface area contributed by atoms with Gasteiger partial charge in [0.25, 0.3) is 0 Å². The summed E-state index contributed by atoms with van der Waals surface area (Å²) in [5, 5.41) is 2.56. The number of hydrogen-bond acceptors (Lipinski definition) is 3. The maximum atomic E-state index is 12.9. The van der Waals surface area contributed by atoms with Crippen molar-refractivity contribution in [2.75, 3.05) is 11.9 Å². The van der Waals surface area contributed by atoms with Crippen LogP contribution in [0.25, 0.3) is 0 Å². The second-order valence-electron chi connectivity index (χ2n) is 4.03. The van der Waals surface area contributed by atoms with Crippen LogP contribution in [0, 0.1) is 5.95 Å². The molecule has 1 aromatic heterocycles. The molecule has 4 nitrogen and oxygen atoms in total. The molecule has 1 heterocycles. The number of pyridine rings is 1. The van der Waals surface area contributed by atoms with Crippen LogP contribution >= 0.6 is 0 Å². The van der Waals surface area contributed by atoms with E-state index in [4.69, 9.17) is 5.73 Å². The molecule has 3 N–H and O–H groups in total. The summed E-state index contributed by atoms with van der Waals surface area (Å²) in [5.41, 5.74) is 6.45. The zero-order valence-corrected chi connectivity index (χ0v) is 10.2. The van der Waals surface area contributed by atoms with Crippen molar-refractivity contribution < 1.29 is 9.18 Å². The fourth-order valence-electron chi connectivity index (χ4n) is 1.77. The lowest BCUT2D eigenvalue weighted by atomic mass is 9.98. The maximum absolute atomic E-state index is 12.9. The van der Waals surface area contributed by atoms with Crippen LogP contribution in [0.15, 0.2) is 48.5 Å². The van der Waals surface area contributed by atoms with E-state index in [0.29, 0.717) is 0 Å². The molecule has 0 saturated heterocycles. The Bertz CT molecular complexity index is 560. The van der Waals surface area contributed by atoms with Gasteiger partial charge in [-0.15, -0.1) is 0 Å². The third-order valence-corrected chi connectivity index (χ3v) is 2.72. The molecule has 0 bridgehead atoms. The van der Waals surface area contributed by atoms with E-state index in [1.165, 1.54) is 18.2 Å². The second kappa shape index (κ2) is 6.06. The molecule has 0 aliphatic carbocycles. The van der Waals surface area contributed by atoms with E-state index in [2.05, 4.69) is 10.3 Å².